The van der Waals surface area contributed by atoms with Gasteiger partial charge in [-0.05, 0) is 24.3 Å². The van der Waals surface area contributed by atoms with E-state index in [1.54, 1.807) is 41.3 Å². The van der Waals surface area contributed by atoms with Crippen molar-refractivity contribution in [2.24, 2.45) is 5.73 Å². The van der Waals surface area contributed by atoms with Crippen molar-refractivity contribution in [3.63, 3.8) is 0 Å². The van der Waals surface area contributed by atoms with Crippen molar-refractivity contribution in [2.75, 3.05) is 5.73 Å². The first-order chi connectivity index (χ1) is 7.16. The molecule has 0 spiro atoms. The second-order valence-electron chi connectivity index (χ2n) is 3.13. The fourth-order valence-electron chi connectivity index (χ4n) is 1.26. The van der Waals surface area contributed by atoms with Crippen LogP contribution in [0.4, 0.5) is 5.69 Å². The van der Waals surface area contributed by atoms with Crippen LogP contribution in [-0.2, 0) is 0 Å². The zero-order valence-corrected chi connectivity index (χ0v) is 7.92. The van der Waals surface area contributed by atoms with Gasteiger partial charge in [-0.1, -0.05) is 0 Å². The van der Waals surface area contributed by atoms with Crippen molar-refractivity contribution < 1.29 is 4.79 Å². The maximum absolute atomic E-state index is 10.8. The van der Waals surface area contributed by atoms with Crippen molar-refractivity contribution in [3.05, 3.63) is 42.2 Å². The molecule has 1 heterocycles. The van der Waals surface area contributed by atoms with Gasteiger partial charge in [0.15, 0.2) is 0 Å². The molecule has 5 heteroatoms. The van der Waals surface area contributed by atoms with Crippen LogP contribution in [0.1, 0.15) is 10.4 Å². The number of benzene rings is 1. The maximum atomic E-state index is 10.8. The number of primary amides is 1. The summed E-state index contributed by atoms with van der Waals surface area (Å²) in [6, 6.07) is 6.81. The Balaban J connectivity index is 2.35. The molecule has 0 saturated heterocycles. The average molecular weight is 202 g/mol. The van der Waals surface area contributed by atoms with E-state index in [1.807, 2.05) is 0 Å². The van der Waals surface area contributed by atoms with E-state index in [1.165, 1.54) is 0 Å². The van der Waals surface area contributed by atoms with Crippen molar-refractivity contribution in [1.82, 2.24) is 9.78 Å². The summed E-state index contributed by atoms with van der Waals surface area (Å²) in [6.45, 7) is 0. The van der Waals surface area contributed by atoms with Crippen LogP contribution in [-0.4, -0.2) is 15.7 Å². The van der Waals surface area contributed by atoms with Gasteiger partial charge in [-0.2, -0.15) is 5.10 Å². The molecule has 0 saturated carbocycles. The van der Waals surface area contributed by atoms with Gasteiger partial charge < -0.3 is 11.5 Å². The van der Waals surface area contributed by atoms with Gasteiger partial charge in [0.05, 0.1) is 23.8 Å². The second kappa shape index (κ2) is 3.45. The lowest BCUT2D eigenvalue weighted by Crippen LogP contribution is -2.10. The molecule has 0 atom stereocenters. The lowest BCUT2D eigenvalue weighted by atomic mass is 10.2. The summed E-state index contributed by atoms with van der Waals surface area (Å²) in [5.74, 6) is -0.443. The average Bonchev–Trinajstić information content (AvgIpc) is 2.65. The van der Waals surface area contributed by atoms with E-state index in [0.29, 0.717) is 11.3 Å². The summed E-state index contributed by atoms with van der Waals surface area (Å²) in [5, 5.41) is 4.04. The highest BCUT2D eigenvalue weighted by molar-refractivity contribution is 5.92. The van der Waals surface area contributed by atoms with Gasteiger partial charge >= 0.3 is 0 Å². The number of carbonyl (C=O) groups is 1. The van der Waals surface area contributed by atoms with Gasteiger partial charge in [0.1, 0.15) is 0 Å². The minimum Gasteiger partial charge on any atom is -0.396 e. The Labute approximate surface area is 86.3 Å². The number of hydrogen-bond acceptors (Lipinski definition) is 3. The predicted octanol–water partition coefficient (Wildman–Crippen LogP) is 0.553. The number of carbonyl (C=O) groups excluding carboxylic acids is 1. The minimum absolute atomic E-state index is 0.443. The molecular weight excluding hydrogens is 192 g/mol. The van der Waals surface area contributed by atoms with Crippen molar-refractivity contribution in [1.29, 1.82) is 0 Å². The lowest BCUT2D eigenvalue weighted by Gasteiger charge is -2.01. The highest BCUT2D eigenvalue weighted by Gasteiger charge is 2.01. The number of hydrogen-bond donors (Lipinski definition) is 2. The summed E-state index contributed by atoms with van der Waals surface area (Å²) < 4.78 is 1.63. The Morgan fingerprint density at radius 3 is 2.40 bits per heavy atom. The second-order valence-corrected chi connectivity index (χ2v) is 3.13. The predicted molar refractivity (Wildman–Crippen MR) is 56.5 cm³/mol. The van der Waals surface area contributed by atoms with Crippen LogP contribution in [0.15, 0.2) is 36.7 Å². The van der Waals surface area contributed by atoms with Crippen molar-refractivity contribution in [3.8, 4) is 5.69 Å². The molecule has 0 aliphatic heterocycles. The van der Waals surface area contributed by atoms with Crippen LogP contribution in [0.2, 0.25) is 0 Å². The third-order valence-electron chi connectivity index (χ3n) is 2.02. The first-order valence-electron chi connectivity index (χ1n) is 4.37. The number of rotatable bonds is 2. The molecular formula is C10H10N4O. The van der Waals surface area contributed by atoms with Gasteiger partial charge in [-0.25, -0.2) is 4.68 Å². The molecule has 1 aromatic heterocycles. The van der Waals surface area contributed by atoms with Gasteiger partial charge in [0, 0.05) is 5.56 Å². The minimum atomic E-state index is -0.443. The molecule has 0 bridgehead atoms. The van der Waals surface area contributed by atoms with E-state index in [4.69, 9.17) is 11.5 Å². The molecule has 0 aliphatic carbocycles. The fraction of sp³-hybridized carbons (Fsp3) is 0. The van der Waals surface area contributed by atoms with Crippen LogP contribution in [0.25, 0.3) is 5.69 Å². The zero-order valence-electron chi connectivity index (χ0n) is 7.92. The highest BCUT2D eigenvalue weighted by Crippen LogP contribution is 2.10. The van der Waals surface area contributed by atoms with Gasteiger partial charge in [-0.15, -0.1) is 0 Å². The molecule has 2 rings (SSSR count). The van der Waals surface area contributed by atoms with E-state index >= 15 is 0 Å². The van der Waals surface area contributed by atoms with Crippen LogP contribution < -0.4 is 11.5 Å². The Morgan fingerprint density at radius 1 is 1.27 bits per heavy atom. The molecule has 4 N–H and O–H groups in total. The summed E-state index contributed by atoms with van der Waals surface area (Å²) in [5.41, 5.74) is 12.6. The first kappa shape index (κ1) is 9.26. The molecule has 0 radical (unpaired) electrons. The molecule has 1 amide bonds. The van der Waals surface area contributed by atoms with Crippen LogP contribution >= 0.6 is 0 Å². The molecule has 0 unspecified atom stereocenters. The van der Waals surface area contributed by atoms with Crippen molar-refractivity contribution >= 4 is 11.6 Å². The number of aromatic nitrogens is 2. The number of nitrogen functional groups attached to an aromatic ring is 1. The smallest absolute Gasteiger partial charge is 0.248 e. The third kappa shape index (κ3) is 1.80. The summed E-state index contributed by atoms with van der Waals surface area (Å²) in [4.78, 5) is 10.8. The van der Waals surface area contributed by atoms with Crippen LogP contribution in [0, 0.1) is 0 Å². The molecule has 5 nitrogen and oxygen atoms in total. The number of amides is 1. The van der Waals surface area contributed by atoms with E-state index in [9.17, 15) is 4.79 Å². The topological polar surface area (TPSA) is 86.9 Å². The summed E-state index contributed by atoms with van der Waals surface area (Å²) >= 11 is 0. The largest absolute Gasteiger partial charge is 0.396 e. The summed E-state index contributed by atoms with van der Waals surface area (Å²) in [6.07, 6.45) is 3.25. The highest BCUT2D eigenvalue weighted by atomic mass is 16.1. The van der Waals surface area contributed by atoms with Gasteiger partial charge in [0.25, 0.3) is 0 Å². The normalized spacial score (nSPS) is 10.1. The fourth-order valence-corrected chi connectivity index (χ4v) is 1.26. The quantitative estimate of drug-likeness (QED) is 0.745. The third-order valence-corrected chi connectivity index (χ3v) is 2.02. The van der Waals surface area contributed by atoms with Crippen molar-refractivity contribution in [2.45, 2.75) is 0 Å². The van der Waals surface area contributed by atoms with Crippen LogP contribution in [0.3, 0.4) is 0 Å². The zero-order chi connectivity index (χ0) is 10.8. The Morgan fingerprint density at radius 2 is 1.93 bits per heavy atom. The molecule has 15 heavy (non-hydrogen) atoms. The van der Waals surface area contributed by atoms with E-state index < -0.39 is 5.91 Å². The monoisotopic (exact) mass is 202 g/mol. The Hall–Kier alpha value is -2.30. The Bertz CT molecular complexity index is 486. The molecule has 76 valence electrons. The van der Waals surface area contributed by atoms with E-state index in [2.05, 4.69) is 5.10 Å². The Kier molecular flexibility index (Phi) is 2.13. The first-order valence-corrected chi connectivity index (χ1v) is 4.37. The molecule has 1 aromatic carbocycles. The van der Waals surface area contributed by atoms with Gasteiger partial charge in [-0.3, -0.25) is 4.79 Å². The number of anilines is 1. The maximum Gasteiger partial charge on any atom is 0.248 e. The molecule has 0 fully saturated rings. The standard InChI is InChI=1S/C10H10N4O/c11-8-5-13-14(6-8)9-3-1-7(2-4-9)10(12)15/h1-6H,11H2,(H2,12,15). The SMILES string of the molecule is NC(=O)c1ccc(-n2cc(N)cn2)cc1. The van der Waals surface area contributed by atoms with E-state index in [0.717, 1.165) is 5.69 Å². The van der Waals surface area contributed by atoms with Crippen LogP contribution in [0.5, 0.6) is 0 Å². The summed E-state index contributed by atoms with van der Waals surface area (Å²) in [7, 11) is 0. The number of nitrogens with zero attached hydrogens (tertiary/aromatic N) is 2. The molecule has 0 aliphatic rings. The van der Waals surface area contributed by atoms with E-state index in [-0.39, 0.29) is 0 Å². The lowest BCUT2D eigenvalue weighted by molar-refractivity contribution is 0.100. The van der Waals surface area contributed by atoms with Gasteiger partial charge in [0.2, 0.25) is 5.91 Å². The molecule has 2 aromatic rings. The number of nitrogens with two attached hydrogens (primary N) is 2.